The summed E-state index contributed by atoms with van der Waals surface area (Å²) < 4.78 is 9.14. The second-order valence-corrected chi connectivity index (χ2v) is 13.6. The Hall–Kier alpha value is -6.26. The molecule has 1 aromatic heterocycles. The monoisotopic (exact) mass is 689 g/mol. The number of hydrogen-bond acceptors (Lipinski definition) is 8. The maximum atomic E-state index is 13.4. The van der Waals surface area contributed by atoms with Gasteiger partial charge in [0.1, 0.15) is 11.0 Å². The average Bonchev–Trinajstić information content (AvgIpc) is 3.93. The number of allylic oxidation sites excluding steroid dienone is 1. The summed E-state index contributed by atoms with van der Waals surface area (Å²) in [5.74, 6) is -3.93. The fraction of sp³-hybridized carbons (Fsp3) is 0.122. The summed E-state index contributed by atoms with van der Waals surface area (Å²) in [6, 6.07) is 31.8. The molecule has 0 radical (unpaired) electrons. The quantitative estimate of drug-likeness (QED) is 0.130. The summed E-state index contributed by atoms with van der Waals surface area (Å²) in [5, 5.41) is 19.1. The first kappa shape index (κ1) is 30.8. The predicted octanol–water partition coefficient (Wildman–Crippen LogP) is 8.67. The van der Waals surface area contributed by atoms with Gasteiger partial charge in [-0.1, -0.05) is 67.1 Å². The molecule has 2 heterocycles. The van der Waals surface area contributed by atoms with Crippen LogP contribution in [0.1, 0.15) is 77.7 Å². The third-order valence-corrected chi connectivity index (χ3v) is 10.9. The minimum Gasteiger partial charge on any atom is -0.478 e. The lowest BCUT2D eigenvalue weighted by molar-refractivity contribution is 0.0651. The minimum absolute atomic E-state index is 0.137. The lowest BCUT2D eigenvalue weighted by Gasteiger charge is -2.27. The number of ketones is 2. The smallest absolute Gasteiger partial charge is 0.336 e. The van der Waals surface area contributed by atoms with E-state index in [1.807, 2.05) is 12.1 Å². The average molecular weight is 690 g/mol. The molecule has 0 saturated heterocycles. The normalized spacial score (nSPS) is 17.5. The number of anilines is 2. The maximum Gasteiger partial charge on any atom is 0.336 e. The van der Waals surface area contributed by atoms with Crippen molar-refractivity contribution >= 4 is 63.7 Å². The Balaban J connectivity index is 1.07. The summed E-state index contributed by atoms with van der Waals surface area (Å²) >= 11 is 1.03. The van der Waals surface area contributed by atoms with Gasteiger partial charge in [-0.25, -0.2) is 9.59 Å². The molecule has 0 amide bonds. The number of carbonyl (C=O) groups is 4. The Morgan fingerprint density at radius 1 is 0.706 bits per heavy atom. The number of rotatable bonds is 6. The molecular formula is C41H27N3O6S. The van der Waals surface area contributed by atoms with E-state index in [0.29, 0.717) is 28.6 Å². The summed E-state index contributed by atoms with van der Waals surface area (Å²) in [4.78, 5) is 52.7. The molecule has 2 atom stereocenters. The molecule has 9 nitrogen and oxygen atoms in total. The van der Waals surface area contributed by atoms with E-state index < -0.39 is 34.6 Å². The highest BCUT2D eigenvalue weighted by atomic mass is 32.1. The van der Waals surface area contributed by atoms with Crippen LogP contribution in [0.2, 0.25) is 0 Å². The van der Waals surface area contributed by atoms with Crippen molar-refractivity contribution in [3.8, 4) is 22.3 Å². The van der Waals surface area contributed by atoms with Crippen LogP contribution in [0.5, 0.6) is 0 Å². The van der Waals surface area contributed by atoms with Crippen molar-refractivity contribution in [2.24, 2.45) is 0 Å². The zero-order valence-corrected chi connectivity index (χ0v) is 27.7. The zero-order valence-electron chi connectivity index (χ0n) is 26.9. The van der Waals surface area contributed by atoms with Gasteiger partial charge in [-0.2, -0.15) is 8.75 Å². The molecular weight excluding hydrogens is 663 g/mol. The van der Waals surface area contributed by atoms with Crippen LogP contribution >= 0.6 is 11.7 Å². The first-order valence-corrected chi connectivity index (χ1v) is 17.3. The Labute approximate surface area is 295 Å². The second-order valence-electron chi connectivity index (χ2n) is 13.1. The molecule has 2 unspecified atom stereocenters. The van der Waals surface area contributed by atoms with Gasteiger partial charge >= 0.3 is 11.9 Å². The molecule has 51 heavy (non-hydrogen) atoms. The van der Waals surface area contributed by atoms with Gasteiger partial charge < -0.3 is 15.1 Å². The van der Waals surface area contributed by atoms with Crippen LogP contribution in [-0.2, 0) is 0 Å². The number of aromatic carboxylic acids is 2. The molecule has 2 aliphatic carbocycles. The van der Waals surface area contributed by atoms with Crippen LogP contribution < -0.4 is 4.90 Å². The number of fused-ring (bicyclic) bond motifs is 5. The van der Waals surface area contributed by atoms with E-state index in [9.17, 15) is 29.4 Å². The number of hydrogen-bond donors (Lipinski definition) is 2. The number of carbonyl (C=O) groups excluding carboxylic acids is 2. The largest absolute Gasteiger partial charge is 0.478 e. The van der Waals surface area contributed by atoms with Gasteiger partial charge in [0.15, 0.2) is 11.6 Å². The van der Waals surface area contributed by atoms with Crippen LogP contribution in [0.3, 0.4) is 0 Å². The highest BCUT2D eigenvalue weighted by Gasteiger charge is 2.42. The lowest BCUT2D eigenvalue weighted by atomic mass is 9.93. The van der Waals surface area contributed by atoms with Crippen molar-refractivity contribution in [3.05, 3.63) is 136 Å². The maximum absolute atomic E-state index is 13.4. The first-order chi connectivity index (χ1) is 24.8. The van der Waals surface area contributed by atoms with Crippen molar-refractivity contribution in [2.45, 2.75) is 31.2 Å². The van der Waals surface area contributed by atoms with Crippen molar-refractivity contribution in [1.29, 1.82) is 0 Å². The number of benzene rings is 5. The second kappa shape index (κ2) is 11.7. The third kappa shape index (κ3) is 4.82. The summed E-state index contributed by atoms with van der Waals surface area (Å²) in [7, 11) is 0. The van der Waals surface area contributed by atoms with E-state index in [0.717, 1.165) is 54.3 Å². The van der Waals surface area contributed by atoms with E-state index in [2.05, 4.69) is 80.4 Å². The first-order valence-electron chi connectivity index (χ1n) is 16.6. The number of nitrogens with zero attached hydrogens (tertiary/aromatic N) is 3. The molecule has 3 aliphatic rings. The predicted molar refractivity (Wildman–Crippen MR) is 194 cm³/mol. The molecule has 1 fully saturated rings. The van der Waals surface area contributed by atoms with E-state index in [4.69, 9.17) is 0 Å². The SMILES string of the molecule is O=C(O)c1cc2c(cc1C(=O)O)C(=O)C(=Cc1ccc(-c3ccc4c(c3)C3CCCC3N4c3ccc(-c4ccccc4)cc3)c3nsnc13)C2=O. The molecule has 9 rings (SSSR count). The Bertz CT molecular complexity index is 2470. The van der Waals surface area contributed by atoms with E-state index in [1.165, 1.54) is 34.1 Å². The van der Waals surface area contributed by atoms with Gasteiger partial charge in [-0.15, -0.1) is 0 Å². The van der Waals surface area contributed by atoms with Gasteiger partial charge in [0.05, 0.1) is 28.4 Å². The highest BCUT2D eigenvalue weighted by molar-refractivity contribution is 7.00. The van der Waals surface area contributed by atoms with Crippen molar-refractivity contribution in [3.63, 3.8) is 0 Å². The standard InChI is InChI=1S/C41H27N3O6S/c45-38-29-19-31(40(47)48)32(41(49)50)20-30(29)39(46)33(38)18-24-11-15-26(37-36(24)42-51-43-37)23-12-16-35-28(17-23)27-7-4-8-34(27)44(35)25-13-9-22(10-14-25)21-5-2-1-3-6-21/h1-3,5-6,9-20,27,34H,4,7-8H2,(H,47,48)(H,49,50). The van der Waals surface area contributed by atoms with E-state index in [1.54, 1.807) is 6.07 Å². The number of carboxylic acid groups (broad SMARTS) is 2. The number of carboxylic acids is 2. The Morgan fingerprint density at radius 2 is 1.35 bits per heavy atom. The van der Waals surface area contributed by atoms with Crippen molar-refractivity contribution < 1.29 is 29.4 Å². The molecule has 2 N–H and O–H groups in total. The molecule has 1 aliphatic heterocycles. The third-order valence-electron chi connectivity index (χ3n) is 10.4. The van der Waals surface area contributed by atoms with Crippen LogP contribution in [0.25, 0.3) is 39.4 Å². The highest BCUT2D eigenvalue weighted by Crippen LogP contribution is 2.53. The van der Waals surface area contributed by atoms with Crippen LogP contribution in [0.4, 0.5) is 11.4 Å². The number of aromatic nitrogens is 2. The zero-order chi connectivity index (χ0) is 35.0. The van der Waals surface area contributed by atoms with Crippen molar-refractivity contribution in [2.75, 3.05) is 4.90 Å². The molecule has 6 aromatic rings. The van der Waals surface area contributed by atoms with Gasteiger partial charge in [0, 0.05) is 45.6 Å². The van der Waals surface area contributed by atoms with E-state index in [-0.39, 0.29) is 16.7 Å². The Morgan fingerprint density at radius 3 is 2.04 bits per heavy atom. The van der Waals surface area contributed by atoms with Crippen LogP contribution in [-0.4, -0.2) is 48.5 Å². The lowest BCUT2D eigenvalue weighted by Crippen LogP contribution is -2.26. The van der Waals surface area contributed by atoms with Crippen molar-refractivity contribution in [1.82, 2.24) is 8.75 Å². The molecule has 5 aromatic carbocycles. The summed E-state index contributed by atoms with van der Waals surface area (Å²) in [5.41, 5.74) is 8.06. The molecule has 10 heteroatoms. The summed E-state index contributed by atoms with van der Waals surface area (Å²) in [6.07, 6.45) is 4.84. The van der Waals surface area contributed by atoms with Crippen LogP contribution in [0.15, 0.2) is 103 Å². The van der Waals surface area contributed by atoms with Crippen LogP contribution in [0, 0.1) is 0 Å². The number of Topliss-reactive ketones (excluding diaryl/α,β-unsaturated/α-hetero) is 2. The van der Waals surface area contributed by atoms with Gasteiger partial charge in [0.25, 0.3) is 0 Å². The fourth-order valence-electron chi connectivity index (χ4n) is 8.05. The van der Waals surface area contributed by atoms with Gasteiger partial charge in [-0.3, -0.25) is 9.59 Å². The fourth-order valence-corrected chi connectivity index (χ4v) is 8.63. The van der Waals surface area contributed by atoms with Gasteiger partial charge in [0.2, 0.25) is 0 Å². The molecule has 0 spiro atoms. The molecule has 1 saturated carbocycles. The van der Waals surface area contributed by atoms with Gasteiger partial charge in [-0.05, 0) is 77.6 Å². The topological polar surface area (TPSA) is 138 Å². The Kier molecular flexibility index (Phi) is 7.04. The van der Waals surface area contributed by atoms with E-state index >= 15 is 0 Å². The molecule has 248 valence electrons. The minimum atomic E-state index is -1.50. The molecule has 0 bridgehead atoms. The summed E-state index contributed by atoms with van der Waals surface area (Å²) in [6.45, 7) is 0.